The van der Waals surface area contributed by atoms with E-state index in [0.29, 0.717) is 16.4 Å². The number of carboxylic acid groups (broad SMARTS) is 1. The highest BCUT2D eigenvalue weighted by Crippen LogP contribution is 2.18. The molecule has 22 heavy (non-hydrogen) atoms. The van der Waals surface area contributed by atoms with Crippen LogP contribution in [0.5, 0.6) is 0 Å². The summed E-state index contributed by atoms with van der Waals surface area (Å²) in [5.41, 5.74) is 0.196. The second-order valence-corrected chi connectivity index (χ2v) is 6.03. The smallest absolute Gasteiger partial charge is 0.303 e. The third kappa shape index (κ3) is 4.64. The number of thiophene rings is 1. The summed E-state index contributed by atoms with van der Waals surface area (Å²) < 4.78 is 0. The van der Waals surface area contributed by atoms with Gasteiger partial charge in [0.05, 0.1) is 4.88 Å². The van der Waals surface area contributed by atoms with Gasteiger partial charge in [-0.1, -0.05) is 6.07 Å². The van der Waals surface area contributed by atoms with E-state index in [1.54, 1.807) is 17.5 Å². The third-order valence-electron chi connectivity index (χ3n) is 2.56. The van der Waals surface area contributed by atoms with E-state index in [1.807, 2.05) is 0 Å². The Morgan fingerprint density at radius 2 is 2.05 bits per heavy atom. The van der Waals surface area contributed by atoms with Crippen LogP contribution >= 0.6 is 22.7 Å². The van der Waals surface area contributed by atoms with Crippen LogP contribution in [0.3, 0.4) is 0 Å². The molecule has 7 nitrogen and oxygen atoms in total. The molecule has 2 heterocycles. The van der Waals surface area contributed by atoms with E-state index in [2.05, 4.69) is 15.6 Å². The molecule has 3 N–H and O–H groups in total. The van der Waals surface area contributed by atoms with Gasteiger partial charge in [0.15, 0.2) is 5.13 Å². The van der Waals surface area contributed by atoms with Crippen molar-refractivity contribution in [2.45, 2.75) is 12.8 Å². The number of carboxylic acids is 1. The maximum Gasteiger partial charge on any atom is 0.303 e. The summed E-state index contributed by atoms with van der Waals surface area (Å²) in [6.45, 7) is 0.263. The number of carbonyl (C=O) groups is 3. The zero-order chi connectivity index (χ0) is 15.9. The molecule has 9 heteroatoms. The van der Waals surface area contributed by atoms with Crippen molar-refractivity contribution >= 4 is 45.6 Å². The Kier molecular flexibility index (Phi) is 5.61. The van der Waals surface area contributed by atoms with E-state index >= 15 is 0 Å². The molecule has 0 spiro atoms. The summed E-state index contributed by atoms with van der Waals surface area (Å²) in [7, 11) is 0. The lowest BCUT2D eigenvalue weighted by atomic mass is 10.3. The molecule has 0 radical (unpaired) electrons. The molecule has 0 fully saturated rings. The highest BCUT2D eigenvalue weighted by atomic mass is 32.1. The summed E-state index contributed by atoms with van der Waals surface area (Å²) in [6.07, 6.45) is 0.354. The molecule has 116 valence electrons. The van der Waals surface area contributed by atoms with Crippen LogP contribution in [-0.4, -0.2) is 34.4 Å². The van der Waals surface area contributed by atoms with E-state index in [-0.39, 0.29) is 24.6 Å². The van der Waals surface area contributed by atoms with Crippen LogP contribution in [-0.2, 0) is 4.79 Å². The second-order valence-electron chi connectivity index (χ2n) is 4.22. The number of nitrogens with zero attached hydrogens (tertiary/aromatic N) is 1. The van der Waals surface area contributed by atoms with Crippen LogP contribution in [0.2, 0.25) is 0 Å². The van der Waals surface area contributed by atoms with Gasteiger partial charge in [0.25, 0.3) is 11.8 Å². The van der Waals surface area contributed by atoms with Gasteiger partial charge in [0, 0.05) is 18.3 Å². The number of thiazole rings is 1. The fourth-order valence-corrected chi connectivity index (χ4v) is 2.84. The number of hydrogen-bond donors (Lipinski definition) is 3. The normalized spacial score (nSPS) is 10.2. The molecule has 0 saturated heterocycles. The Labute approximate surface area is 134 Å². The van der Waals surface area contributed by atoms with Gasteiger partial charge in [-0.15, -0.1) is 22.7 Å². The molecule has 2 aromatic heterocycles. The molecular formula is C13H13N3O4S2. The fourth-order valence-electron chi connectivity index (χ4n) is 1.53. The molecule has 0 aliphatic heterocycles. The molecule has 2 aromatic rings. The molecule has 0 aromatic carbocycles. The van der Waals surface area contributed by atoms with Gasteiger partial charge in [-0.2, -0.15) is 0 Å². The Bertz CT molecular complexity index is 667. The fraction of sp³-hybridized carbons (Fsp3) is 0.231. The Hall–Kier alpha value is -2.26. The first-order chi connectivity index (χ1) is 10.6. The highest BCUT2D eigenvalue weighted by molar-refractivity contribution is 7.14. The van der Waals surface area contributed by atoms with Gasteiger partial charge in [0.2, 0.25) is 0 Å². The molecule has 0 saturated carbocycles. The Morgan fingerprint density at radius 3 is 2.73 bits per heavy atom. The van der Waals surface area contributed by atoms with Crippen LogP contribution in [0.15, 0.2) is 22.9 Å². The van der Waals surface area contributed by atoms with Crippen molar-refractivity contribution in [2.75, 3.05) is 11.9 Å². The van der Waals surface area contributed by atoms with Crippen molar-refractivity contribution in [1.82, 2.24) is 10.3 Å². The maximum atomic E-state index is 11.8. The van der Waals surface area contributed by atoms with Crippen molar-refractivity contribution in [3.05, 3.63) is 33.5 Å². The summed E-state index contributed by atoms with van der Waals surface area (Å²) in [4.78, 5) is 38.6. The van der Waals surface area contributed by atoms with E-state index < -0.39 is 11.9 Å². The average molecular weight is 339 g/mol. The molecule has 0 atom stereocenters. The number of aliphatic carboxylic acids is 1. The van der Waals surface area contributed by atoms with Crippen molar-refractivity contribution in [2.24, 2.45) is 0 Å². The van der Waals surface area contributed by atoms with Crippen LogP contribution in [0.25, 0.3) is 0 Å². The highest BCUT2D eigenvalue weighted by Gasteiger charge is 2.13. The largest absolute Gasteiger partial charge is 0.481 e. The van der Waals surface area contributed by atoms with Crippen molar-refractivity contribution in [3.8, 4) is 0 Å². The van der Waals surface area contributed by atoms with Gasteiger partial charge in [-0.25, -0.2) is 4.98 Å². The number of aromatic nitrogens is 1. The van der Waals surface area contributed by atoms with Gasteiger partial charge >= 0.3 is 5.97 Å². The molecule has 0 unspecified atom stereocenters. The molecule has 2 rings (SSSR count). The lowest BCUT2D eigenvalue weighted by Crippen LogP contribution is -2.25. The summed E-state index contributed by atoms with van der Waals surface area (Å²) in [5.74, 6) is -1.56. The zero-order valence-electron chi connectivity index (χ0n) is 11.4. The van der Waals surface area contributed by atoms with Crippen LogP contribution in [0, 0.1) is 0 Å². The van der Waals surface area contributed by atoms with Crippen molar-refractivity contribution in [3.63, 3.8) is 0 Å². The van der Waals surface area contributed by atoms with Gasteiger partial charge < -0.3 is 10.4 Å². The number of hydrogen-bond acceptors (Lipinski definition) is 6. The maximum absolute atomic E-state index is 11.8. The van der Waals surface area contributed by atoms with E-state index in [4.69, 9.17) is 5.11 Å². The summed E-state index contributed by atoms with van der Waals surface area (Å²) >= 11 is 2.47. The van der Waals surface area contributed by atoms with Gasteiger partial charge in [0.1, 0.15) is 5.69 Å². The number of carbonyl (C=O) groups excluding carboxylic acids is 2. The molecule has 0 bridgehead atoms. The Balaban J connectivity index is 1.84. The number of rotatable bonds is 7. The minimum Gasteiger partial charge on any atom is -0.481 e. The number of anilines is 1. The first-order valence-corrected chi connectivity index (χ1v) is 8.12. The minimum absolute atomic E-state index is 0.000529. The molecule has 2 amide bonds. The molecular weight excluding hydrogens is 326 g/mol. The van der Waals surface area contributed by atoms with E-state index in [9.17, 15) is 14.4 Å². The van der Waals surface area contributed by atoms with Crippen LogP contribution in [0.4, 0.5) is 5.13 Å². The molecule has 0 aliphatic carbocycles. The summed E-state index contributed by atoms with van der Waals surface area (Å²) in [6, 6.07) is 3.47. The zero-order valence-corrected chi connectivity index (χ0v) is 13.0. The standard InChI is InChI=1S/C13H13N3O4S2/c17-10(18)4-1-5-14-11(19)8-7-22-13(15-8)16-12(20)9-3-2-6-21-9/h2-3,6-7H,1,4-5H2,(H,14,19)(H,17,18)(H,15,16,20). The molecule has 0 aliphatic rings. The van der Waals surface area contributed by atoms with Crippen molar-refractivity contribution in [1.29, 1.82) is 0 Å². The van der Waals surface area contributed by atoms with Crippen LogP contribution < -0.4 is 10.6 Å². The minimum atomic E-state index is -0.901. The van der Waals surface area contributed by atoms with Crippen LogP contribution in [0.1, 0.15) is 33.0 Å². The lowest BCUT2D eigenvalue weighted by molar-refractivity contribution is -0.137. The second kappa shape index (κ2) is 7.66. The predicted molar refractivity (Wildman–Crippen MR) is 83.6 cm³/mol. The SMILES string of the molecule is O=C(O)CCCNC(=O)c1csc(NC(=O)c2cccs2)n1. The van der Waals surface area contributed by atoms with Crippen molar-refractivity contribution < 1.29 is 19.5 Å². The first kappa shape index (κ1) is 16.1. The van der Waals surface area contributed by atoms with Gasteiger partial charge in [-0.05, 0) is 17.9 Å². The summed E-state index contributed by atoms with van der Waals surface area (Å²) in [5, 5.41) is 17.4. The topological polar surface area (TPSA) is 108 Å². The van der Waals surface area contributed by atoms with E-state index in [1.165, 1.54) is 16.7 Å². The third-order valence-corrected chi connectivity index (χ3v) is 4.18. The predicted octanol–water partition coefficient (Wildman–Crippen LogP) is 2.05. The first-order valence-electron chi connectivity index (χ1n) is 6.36. The van der Waals surface area contributed by atoms with E-state index in [0.717, 1.165) is 11.3 Å². The Morgan fingerprint density at radius 1 is 1.23 bits per heavy atom. The number of nitrogens with one attached hydrogen (secondary N) is 2. The average Bonchev–Trinajstić information content (AvgIpc) is 3.14. The monoisotopic (exact) mass is 339 g/mol. The quantitative estimate of drug-likeness (QED) is 0.669. The number of amides is 2. The van der Waals surface area contributed by atoms with Gasteiger partial charge in [-0.3, -0.25) is 19.7 Å². The lowest BCUT2D eigenvalue weighted by Gasteiger charge is -2.01.